The van der Waals surface area contributed by atoms with Gasteiger partial charge in [-0.25, -0.2) is 4.39 Å². The number of hydrogen-bond acceptors (Lipinski definition) is 0. The Balaban J connectivity index is 2.77. The smallest absolute Gasteiger partial charge is 0.123 e. The molecule has 0 amide bonds. The van der Waals surface area contributed by atoms with E-state index in [1.165, 1.54) is 6.07 Å². The first kappa shape index (κ1) is 9.45. The molecule has 0 spiro atoms. The Bertz CT molecular complexity index is 263. The van der Waals surface area contributed by atoms with Crippen molar-refractivity contribution in [3.63, 3.8) is 0 Å². The van der Waals surface area contributed by atoms with Gasteiger partial charge in [0, 0.05) is 8.07 Å². The highest BCUT2D eigenvalue weighted by atomic mass is 28.3. The van der Waals surface area contributed by atoms with E-state index in [2.05, 4.69) is 19.6 Å². The molecule has 0 fully saturated rings. The van der Waals surface area contributed by atoms with Gasteiger partial charge in [-0.15, -0.1) is 0 Å². The van der Waals surface area contributed by atoms with Crippen molar-refractivity contribution >= 4 is 8.07 Å². The van der Waals surface area contributed by atoms with Crippen LogP contribution < -0.4 is 0 Å². The molecule has 0 heterocycles. The normalized spacial score (nSPS) is 11.7. The monoisotopic (exact) mass is 182 g/mol. The third kappa shape index (κ3) is 3.18. The second-order valence-electron chi connectivity index (χ2n) is 4.37. The summed E-state index contributed by atoms with van der Waals surface area (Å²) in [7, 11) is -1.09. The number of hydrogen-bond donors (Lipinski definition) is 0. The molecular formula is C10H15FSi. The van der Waals surface area contributed by atoms with Crippen LogP contribution in [0.3, 0.4) is 0 Å². The third-order valence-corrected chi connectivity index (χ3v) is 3.09. The molecule has 0 aliphatic carbocycles. The van der Waals surface area contributed by atoms with Crippen LogP contribution in [0, 0.1) is 5.82 Å². The van der Waals surface area contributed by atoms with Gasteiger partial charge in [0.15, 0.2) is 0 Å². The zero-order valence-corrected chi connectivity index (χ0v) is 8.89. The Morgan fingerprint density at radius 1 is 1.25 bits per heavy atom. The summed E-state index contributed by atoms with van der Waals surface area (Å²) in [5, 5.41) is 0. The predicted octanol–water partition coefficient (Wildman–Crippen LogP) is 3.25. The molecule has 1 aromatic rings. The van der Waals surface area contributed by atoms with Gasteiger partial charge in [0.2, 0.25) is 0 Å². The van der Waals surface area contributed by atoms with E-state index in [0.29, 0.717) is 0 Å². The van der Waals surface area contributed by atoms with Crippen LogP contribution in [-0.4, -0.2) is 8.07 Å². The molecule has 0 atom stereocenters. The molecule has 66 valence electrons. The lowest BCUT2D eigenvalue weighted by atomic mass is 10.2. The second kappa shape index (κ2) is 3.40. The Morgan fingerprint density at radius 3 is 2.42 bits per heavy atom. The van der Waals surface area contributed by atoms with Crippen LogP contribution in [0.15, 0.2) is 24.3 Å². The summed E-state index contributed by atoms with van der Waals surface area (Å²) in [6, 6.07) is 7.98. The minimum atomic E-state index is -1.09. The van der Waals surface area contributed by atoms with Gasteiger partial charge in [0.05, 0.1) is 0 Å². The molecule has 1 aromatic carbocycles. The molecular weight excluding hydrogens is 167 g/mol. The first-order valence-corrected chi connectivity index (χ1v) is 7.92. The van der Waals surface area contributed by atoms with E-state index in [-0.39, 0.29) is 5.82 Å². The highest BCUT2D eigenvalue weighted by Gasteiger charge is 2.13. The lowest BCUT2D eigenvalue weighted by molar-refractivity contribution is 0.626. The van der Waals surface area contributed by atoms with Crippen LogP contribution in [-0.2, 0) is 6.04 Å². The van der Waals surface area contributed by atoms with Gasteiger partial charge in [-0.3, -0.25) is 0 Å². The maximum atomic E-state index is 12.8. The van der Waals surface area contributed by atoms with E-state index in [0.717, 1.165) is 11.6 Å². The molecule has 0 N–H and O–H groups in total. The minimum Gasteiger partial charge on any atom is -0.207 e. The standard InChI is InChI=1S/C10H15FSi/c1-12(2,3)8-9-5-4-6-10(11)7-9/h4-7H,8H2,1-3H3. The van der Waals surface area contributed by atoms with Crippen molar-refractivity contribution in [2.75, 3.05) is 0 Å². The van der Waals surface area contributed by atoms with Crippen molar-refractivity contribution in [3.05, 3.63) is 35.6 Å². The largest absolute Gasteiger partial charge is 0.207 e. The van der Waals surface area contributed by atoms with Crippen molar-refractivity contribution < 1.29 is 4.39 Å². The maximum Gasteiger partial charge on any atom is 0.123 e. The van der Waals surface area contributed by atoms with Gasteiger partial charge in [-0.1, -0.05) is 31.8 Å². The first-order chi connectivity index (χ1) is 5.47. The first-order valence-electron chi connectivity index (χ1n) is 4.22. The Labute approximate surface area is 74.4 Å². The summed E-state index contributed by atoms with van der Waals surface area (Å²) in [6.07, 6.45) is 0. The molecule has 0 nitrogen and oxygen atoms in total. The molecule has 0 unspecified atom stereocenters. The fourth-order valence-electron chi connectivity index (χ4n) is 1.26. The van der Waals surface area contributed by atoms with E-state index in [9.17, 15) is 4.39 Å². The van der Waals surface area contributed by atoms with Crippen molar-refractivity contribution in [2.45, 2.75) is 25.7 Å². The highest BCUT2D eigenvalue weighted by Crippen LogP contribution is 2.12. The summed E-state index contributed by atoms with van der Waals surface area (Å²) in [4.78, 5) is 0. The van der Waals surface area contributed by atoms with Crippen molar-refractivity contribution in [3.8, 4) is 0 Å². The van der Waals surface area contributed by atoms with E-state index in [4.69, 9.17) is 0 Å². The second-order valence-corrected chi connectivity index (χ2v) is 9.84. The zero-order valence-electron chi connectivity index (χ0n) is 7.89. The summed E-state index contributed by atoms with van der Waals surface area (Å²) in [6.45, 7) is 6.87. The van der Waals surface area contributed by atoms with Crippen LogP contribution in [0.5, 0.6) is 0 Å². The summed E-state index contributed by atoms with van der Waals surface area (Å²) in [5.74, 6) is -0.120. The molecule has 0 radical (unpaired) electrons. The molecule has 0 saturated heterocycles. The van der Waals surface area contributed by atoms with Gasteiger partial charge in [0.1, 0.15) is 5.82 Å². The van der Waals surface area contributed by atoms with E-state index >= 15 is 0 Å². The van der Waals surface area contributed by atoms with Crippen LogP contribution in [0.1, 0.15) is 5.56 Å². The number of halogens is 1. The Hall–Kier alpha value is -0.633. The maximum absolute atomic E-state index is 12.8. The quantitative estimate of drug-likeness (QED) is 0.616. The topological polar surface area (TPSA) is 0 Å². The summed E-state index contributed by atoms with van der Waals surface area (Å²) >= 11 is 0. The zero-order chi connectivity index (χ0) is 9.19. The lowest BCUT2D eigenvalue weighted by Gasteiger charge is -2.15. The minimum absolute atomic E-state index is 0.120. The van der Waals surface area contributed by atoms with Gasteiger partial charge in [0.25, 0.3) is 0 Å². The fourth-order valence-corrected chi connectivity index (χ4v) is 2.70. The number of benzene rings is 1. The average Bonchev–Trinajstić information content (AvgIpc) is 1.82. The highest BCUT2D eigenvalue weighted by molar-refractivity contribution is 6.75. The van der Waals surface area contributed by atoms with Gasteiger partial charge in [-0.2, -0.15) is 0 Å². The molecule has 0 aromatic heterocycles. The van der Waals surface area contributed by atoms with Crippen molar-refractivity contribution in [1.29, 1.82) is 0 Å². The van der Waals surface area contributed by atoms with E-state index in [1.54, 1.807) is 12.1 Å². The van der Waals surface area contributed by atoms with Crippen LogP contribution in [0.25, 0.3) is 0 Å². The molecule has 0 aliphatic heterocycles. The SMILES string of the molecule is C[Si](C)(C)Cc1cccc(F)c1. The van der Waals surface area contributed by atoms with E-state index < -0.39 is 8.07 Å². The van der Waals surface area contributed by atoms with Crippen molar-refractivity contribution in [1.82, 2.24) is 0 Å². The summed E-state index contributed by atoms with van der Waals surface area (Å²) in [5.41, 5.74) is 1.13. The molecule has 0 saturated carbocycles. The molecule has 12 heavy (non-hydrogen) atoms. The van der Waals surface area contributed by atoms with Crippen LogP contribution in [0.2, 0.25) is 19.6 Å². The van der Waals surface area contributed by atoms with Crippen LogP contribution >= 0.6 is 0 Å². The van der Waals surface area contributed by atoms with Gasteiger partial charge in [-0.05, 0) is 23.7 Å². The number of rotatable bonds is 2. The summed E-state index contributed by atoms with van der Waals surface area (Å²) < 4.78 is 12.8. The molecule has 2 heteroatoms. The fraction of sp³-hybridized carbons (Fsp3) is 0.400. The lowest BCUT2D eigenvalue weighted by Crippen LogP contribution is -2.23. The van der Waals surface area contributed by atoms with Gasteiger partial charge < -0.3 is 0 Å². The molecule has 0 bridgehead atoms. The van der Waals surface area contributed by atoms with Gasteiger partial charge >= 0.3 is 0 Å². The molecule has 1 rings (SSSR count). The third-order valence-electron chi connectivity index (χ3n) is 1.62. The Kier molecular flexibility index (Phi) is 2.68. The predicted molar refractivity (Wildman–Crippen MR) is 53.5 cm³/mol. The average molecular weight is 182 g/mol. The van der Waals surface area contributed by atoms with Crippen molar-refractivity contribution in [2.24, 2.45) is 0 Å². The van der Waals surface area contributed by atoms with Crippen LogP contribution in [0.4, 0.5) is 4.39 Å². The van der Waals surface area contributed by atoms with E-state index in [1.807, 2.05) is 6.07 Å². The Morgan fingerprint density at radius 2 is 1.92 bits per heavy atom. The molecule has 0 aliphatic rings.